The van der Waals surface area contributed by atoms with Gasteiger partial charge in [-0.2, -0.15) is 0 Å². The smallest absolute Gasteiger partial charge is 0.246 e. The first kappa shape index (κ1) is 23.8. The minimum atomic E-state index is -0.830. The Morgan fingerprint density at radius 2 is 1.74 bits per heavy atom. The van der Waals surface area contributed by atoms with Crippen LogP contribution in [0.25, 0.3) is 11.3 Å². The number of H-pyrrole nitrogens is 1. The zero-order chi connectivity index (χ0) is 24.6. The summed E-state index contributed by atoms with van der Waals surface area (Å²) in [5, 5.41) is 11.6. The number of imidazole rings is 1. The summed E-state index contributed by atoms with van der Waals surface area (Å²) in [6, 6.07) is 17.6. The van der Waals surface area contributed by atoms with Gasteiger partial charge in [-0.25, -0.2) is 9.37 Å². The first-order chi connectivity index (χ1) is 17.0. The van der Waals surface area contributed by atoms with Crippen LogP contribution in [0.1, 0.15) is 11.4 Å². The van der Waals surface area contributed by atoms with Crippen LogP contribution < -0.4 is 10.1 Å². The second kappa shape index (κ2) is 11.2. The van der Waals surface area contributed by atoms with Crippen molar-refractivity contribution in [2.24, 2.45) is 0 Å². The highest BCUT2D eigenvalue weighted by atomic mass is 19.1. The largest absolute Gasteiger partial charge is 0.457 e. The Morgan fingerprint density at radius 3 is 2.40 bits per heavy atom. The molecule has 0 spiro atoms. The van der Waals surface area contributed by atoms with Gasteiger partial charge in [0.25, 0.3) is 0 Å². The van der Waals surface area contributed by atoms with E-state index in [1.807, 2.05) is 24.3 Å². The normalized spacial score (nSPS) is 11.6. The van der Waals surface area contributed by atoms with E-state index in [0.29, 0.717) is 28.6 Å². The molecule has 1 amide bonds. The molecule has 2 heterocycles. The summed E-state index contributed by atoms with van der Waals surface area (Å²) in [5.41, 5.74) is 2.74. The van der Waals surface area contributed by atoms with Gasteiger partial charge in [0.1, 0.15) is 23.9 Å². The third-order valence-corrected chi connectivity index (χ3v) is 5.21. The Bertz CT molecular complexity index is 1280. The zero-order valence-corrected chi connectivity index (χ0v) is 18.6. The number of nitrogens with one attached hydrogen (secondary N) is 2. The average Bonchev–Trinajstić information content (AvgIpc) is 3.39. The van der Waals surface area contributed by atoms with Crippen LogP contribution in [0.15, 0.2) is 79.3 Å². The third-order valence-electron chi connectivity index (χ3n) is 5.21. The molecule has 2 aromatic carbocycles. The molecule has 3 N–H and O–H groups in total. The molecule has 4 aromatic rings. The van der Waals surface area contributed by atoms with E-state index in [1.165, 1.54) is 18.5 Å². The van der Waals surface area contributed by atoms with Crippen molar-refractivity contribution in [1.82, 2.24) is 20.3 Å². The van der Waals surface area contributed by atoms with Crippen LogP contribution in [0.2, 0.25) is 0 Å². The Hall–Kier alpha value is -4.37. The molecule has 4 rings (SSSR count). The van der Waals surface area contributed by atoms with Gasteiger partial charge >= 0.3 is 0 Å². The fourth-order valence-corrected chi connectivity index (χ4v) is 3.47. The maximum absolute atomic E-state index is 13.1. The highest BCUT2D eigenvalue weighted by molar-refractivity contribution is 5.90. The lowest BCUT2D eigenvalue weighted by Crippen LogP contribution is -2.44. The Labute approximate surface area is 200 Å². The predicted molar refractivity (Wildman–Crippen MR) is 126 cm³/mol. The van der Waals surface area contributed by atoms with Crippen molar-refractivity contribution in [3.8, 4) is 22.8 Å². The number of halogens is 1. The third kappa shape index (κ3) is 6.58. The Morgan fingerprint density at radius 1 is 1.03 bits per heavy atom. The van der Waals surface area contributed by atoms with Gasteiger partial charge < -0.3 is 20.1 Å². The van der Waals surface area contributed by atoms with Crippen molar-refractivity contribution in [3.63, 3.8) is 0 Å². The standard InChI is InChI=1S/C26H23FN4O4/c27-18-6-10-22(11-7-18)35-21-8-4-17(5-9-21)23-3-1-2-19(30-23)13-25(33)24(31-26(34)15-32)12-20-14-28-16-29-20/h1-11,14,16,24,32H,12-13,15H2,(H,28,29)(H,31,34)/t24-/m0/s1. The van der Waals surface area contributed by atoms with E-state index in [1.54, 1.807) is 36.5 Å². The second-order valence-electron chi connectivity index (χ2n) is 7.80. The van der Waals surface area contributed by atoms with Crippen LogP contribution in [-0.2, 0) is 22.4 Å². The van der Waals surface area contributed by atoms with Crippen molar-refractivity contribution in [2.75, 3.05) is 6.61 Å². The number of benzene rings is 2. The quantitative estimate of drug-likeness (QED) is 0.325. The summed E-state index contributed by atoms with van der Waals surface area (Å²) < 4.78 is 18.8. The highest BCUT2D eigenvalue weighted by Gasteiger charge is 2.22. The number of hydrogen-bond donors (Lipinski definition) is 3. The average molecular weight is 474 g/mol. The van der Waals surface area contributed by atoms with Crippen molar-refractivity contribution in [1.29, 1.82) is 0 Å². The second-order valence-corrected chi connectivity index (χ2v) is 7.80. The summed E-state index contributed by atoms with van der Waals surface area (Å²) >= 11 is 0. The molecule has 0 saturated carbocycles. The highest BCUT2D eigenvalue weighted by Crippen LogP contribution is 2.25. The molecule has 0 aliphatic rings. The van der Waals surface area contributed by atoms with Gasteiger partial charge in [0.05, 0.1) is 24.5 Å². The monoisotopic (exact) mass is 474 g/mol. The van der Waals surface area contributed by atoms with Crippen LogP contribution >= 0.6 is 0 Å². The van der Waals surface area contributed by atoms with Crippen LogP contribution in [0.5, 0.6) is 11.5 Å². The molecule has 178 valence electrons. The van der Waals surface area contributed by atoms with E-state index in [4.69, 9.17) is 9.84 Å². The summed E-state index contributed by atoms with van der Waals surface area (Å²) in [5.74, 6) is -0.0918. The number of aromatic amines is 1. The molecule has 0 fully saturated rings. The summed E-state index contributed by atoms with van der Waals surface area (Å²) in [6.07, 6.45) is 3.29. The van der Waals surface area contributed by atoms with E-state index in [0.717, 1.165) is 5.56 Å². The fourth-order valence-electron chi connectivity index (χ4n) is 3.47. The number of rotatable bonds is 10. The van der Waals surface area contributed by atoms with E-state index >= 15 is 0 Å². The van der Waals surface area contributed by atoms with Crippen molar-refractivity contribution >= 4 is 11.7 Å². The topological polar surface area (TPSA) is 117 Å². The molecule has 0 radical (unpaired) electrons. The Kier molecular flexibility index (Phi) is 7.59. The van der Waals surface area contributed by atoms with Crippen LogP contribution in [0.3, 0.4) is 0 Å². The molecule has 0 saturated heterocycles. The van der Waals surface area contributed by atoms with Gasteiger partial charge in [-0.1, -0.05) is 6.07 Å². The number of carbonyl (C=O) groups is 2. The van der Waals surface area contributed by atoms with Crippen molar-refractivity contribution in [2.45, 2.75) is 18.9 Å². The van der Waals surface area contributed by atoms with Gasteiger partial charge in [0.2, 0.25) is 5.91 Å². The number of ether oxygens (including phenoxy) is 1. The number of pyridine rings is 1. The van der Waals surface area contributed by atoms with Crippen molar-refractivity contribution < 1.29 is 23.8 Å². The van der Waals surface area contributed by atoms with Gasteiger partial charge in [0.15, 0.2) is 5.78 Å². The van der Waals surface area contributed by atoms with Gasteiger partial charge in [-0.05, 0) is 60.7 Å². The molecule has 0 bridgehead atoms. The van der Waals surface area contributed by atoms with Crippen molar-refractivity contribution in [3.05, 3.63) is 96.5 Å². The first-order valence-corrected chi connectivity index (χ1v) is 10.9. The molecule has 8 nitrogen and oxygen atoms in total. The SMILES string of the molecule is O=C(CO)N[C@@H](Cc1cnc[nH]1)C(=O)Cc1cccc(-c2ccc(Oc3ccc(F)cc3)cc2)n1. The molecule has 35 heavy (non-hydrogen) atoms. The minimum Gasteiger partial charge on any atom is -0.457 e. The molecule has 9 heteroatoms. The molecule has 0 aliphatic heterocycles. The fraction of sp³-hybridized carbons (Fsp3) is 0.154. The van der Waals surface area contributed by atoms with Crippen LogP contribution in [-0.4, -0.2) is 44.4 Å². The number of Topliss-reactive ketones (excluding diaryl/α,β-unsaturated/α-hetero) is 1. The number of carbonyl (C=O) groups excluding carboxylic acids is 2. The first-order valence-electron chi connectivity index (χ1n) is 10.9. The number of hydrogen-bond acceptors (Lipinski definition) is 6. The van der Waals surface area contributed by atoms with E-state index in [2.05, 4.69) is 20.3 Å². The lowest BCUT2D eigenvalue weighted by atomic mass is 10.0. The van der Waals surface area contributed by atoms with E-state index in [-0.39, 0.29) is 24.4 Å². The molecule has 0 aliphatic carbocycles. The van der Waals surface area contributed by atoms with Crippen LogP contribution in [0.4, 0.5) is 4.39 Å². The number of nitrogens with zero attached hydrogens (tertiary/aromatic N) is 2. The Balaban J connectivity index is 1.45. The molecule has 2 aromatic heterocycles. The van der Waals surface area contributed by atoms with Crippen LogP contribution in [0, 0.1) is 5.82 Å². The number of ketones is 1. The van der Waals surface area contributed by atoms with Gasteiger partial charge in [-0.15, -0.1) is 0 Å². The number of aliphatic hydroxyl groups is 1. The summed E-state index contributed by atoms with van der Waals surface area (Å²) in [7, 11) is 0. The lowest BCUT2D eigenvalue weighted by molar-refractivity contribution is -0.129. The maximum Gasteiger partial charge on any atom is 0.246 e. The predicted octanol–water partition coefficient (Wildman–Crippen LogP) is 3.23. The van der Waals surface area contributed by atoms with E-state index < -0.39 is 18.6 Å². The zero-order valence-electron chi connectivity index (χ0n) is 18.6. The molecular formula is C26H23FN4O4. The van der Waals surface area contributed by atoms with E-state index in [9.17, 15) is 14.0 Å². The minimum absolute atomic E-state index is 0.00408. The number of aliphatic hydroxyl groups excluding tert-OH is 1. The van der Waals surface area contributed by atoms with Gasteiger partial charge in [-0.3, -0.25) is 14.6 Å². The molecule has 1 atom stereocenters. The maximum atomic E-state index is 13.1. The molecular weight excluding hydrogens is 451 g/mol. The molecule has 0 unspecified atom stereocenters. The number of aromatic nitrogens is 3. The van der Waals surface area contributed by atoms with Gasteiger partial charge in [0, 0.05) is 29.6 Å². The number of amides is 1. The lowest BCUT2D eigenvalue weighted by Gasteiger charge is -2.16. The summed E-state index contributed by atoms with van der Waals surface area (Å²) in [4.78, 5) is 36.1. The summed E-state index contributed by atoms with van der Waals surface area (Å²) in [6.45, 7) is -0.707.